The molecule has 2 heterocycles. The highest BCUT2D eigenvalue weighted by molar-refractivity contribution is 5.84. The molecule has 1 aromatic heterocycles. The van der Waals surface area contributed by atoms with Crippen LogP contribution in [0, 0.1) is 0 Å². The molecule has 4 rings (SSSR count). The van der Waals surface area contributed by atoms with Gasteiger partial charge in [0.05, 0.1) is 26.7 Å². The molecule has 0 radical (unpaired) electrons. The van der Waals surface area contributed by atoms with Crippen molar-refractivity contribution in [3.8, 4) is 11.5 Å². The number of nitrogens with one attached hydrogen (secondary N) is 1. The Morgan fingerprint density at radius 2 is 1.84 bits per heavy atom. The van der Waals surface area contributed by atoms with Crippen LogP contribution in [-0.4, -0.2) is 55.7 Å². The Labute approximate surface area is 183 Å². The van der Waals surface area contributed by atoms with Crippen molar-refractivity contribution < 1.29 is 19.6 Å². The number of benzene rings is 2. The number of nitrogens with zero attached hydrogens (tertiary/aromatic N) is 1. The van der Waals surface area contributed by atoms with E-state index >= 15 is 0 Å². The predicted molar refractivity (Wildman–Crippen MR) is 122 cm³/mol. The number of aromatic amines is 1. The van der Waals surface area contributed by atoms with Gasteiger partial charge in [0.1, 0.15) is 0 Å². The molecule has 0 bridgehead atoms. The van der Waals surface area contributed by atoms with Crippen LogP contribution in [0.1, 0.15) is 36.8 Å². The molecule has 3 N–H and O–H groups in total. The molecule has 164 valence electrons. The fraction of sp³-hybridized carbons (Fsp3) is 0.400. The summed E-state index contributed by atoms with van der Waals surface area (Å²) >= 11 is 0. The van der Waals surface area contributed by atoms with Gasteiger partial charge >= 0.3 is 0 Å². The minimum Gasteiger partial charge on any atom is -0.493 e. The molecule has 6 nitrogen and oxygen atoms in total. The summed E-state index contributed by atoms with van der Waals surface area (Å²) < 4.78 is 11.3. The number of likely N-dealkylation sites (tertiary alicyclic amines) is 1. The smallest absolute Gasteiger partial charge is 0.280 e. The second-order valence-corrected chi connectivity index (χ2v) is 8.22. The van der Waals surface area contributed by atoms with Crippen LogP contribution in [0.4, 0.5) is 0 Å². The summed E-state index contributed by atoms with van der Waals surface area (Å²) in [5.74, 6) is 1.72. The number of carbonyl (C=O) groups is 1. The Kier molecular flexibility index (Phi) is 6.47. The average molecular weight is 423 g/mol. The molecule has 3 aromatic rings. The van der Waals surface area contributed by atoms with Gasteiger partial charge in [-0.25, -0.2) is 0 Å². The number of fused-ring (bicyclic) bond motifs is 1. The van der Waals surface area contributed by atoms with Gasteiger partial charge in [0.25, 0.3) is 5.91 Å². The molecule has 2 atom stereocenters. The summed E-state index contributed by atoms with van der Waals surface area (Å²) in [7, 11) is 3.34. The summed E-state index contributed by atoms with van der Waals surface area (Å²) in [4.78, 5) is 18.3. The molecule has 0 spiro atoms. The maximum Gasteiger partial charge on any atom is 0.280 e. The van der Waals surface area contributed by atoms with Gasteiger partial charge in [-0.3, -0.25) is 4.79 Å². The number of amides is 1. The van der Waals surface area contributed by atoms with E-state index in [1.807, 2.05) is 30.0 Å². The number of hydrogen-bond donors (Lipinski definition) is 2. The first-order chi connectivity index (χ1) is 15.1. The van der Waals surface area contributed by atoms with E-state index in [1.165, 1.54) is 10.9 Å². The standard InChI is InChI=1S/C25H31N3O3/c1-17(25(29)28-13-6-7-14-28)26-15-21(19-10-8-12-23(30-2)24(19)31-3)20-16-27-22-11-5-4-9-18(20)22/h4-5,8-12,16-17,21,26-27H,6-7,13-15H2,1-3H3/p+1/t17-,21-/m1/s1. The van der Waals surface area contributed by atoms with Gasteiger partial charge in [0.2, 0.25) is 0 Å². The Morgan fingerprint density at radius 3 is 2.58 bits per heavy atom. The highest BCUT2D eigenvalue weighted by Gasteiger charge is 2.29. The lowest BCUT2D eigenvalue weighted by Gasteiger charge is -2.23. The highest BCUT2D eigenvalue weighted by Crippen LogP contribution is 2.39. The monoisotopic (exact) mass is 422 g/mol. The van der Waals surface area contributed by atoms with Crippen LogP contribution in [0.15, 0.2) is 48.7 Å². The Morgan fingerprint density at radius 1 is 1.06 bits per heavy atom. The van der Waals surface area contributed by atoms with Crippen molar-refractivity contribution in [1.82, 2.24) is 9.88 Å². The van der Waals surface area contributed by atoms with Gasteiger partial charge in [-0.15, -0.1) is 0 Å². The first-order valence-electron chi connectivity index (χ1n) is 11.0. The third-order valence-electron chi connectivity index (χ3n) is 6.34. The van der Waals surface area contributed by atoms with Crippen molar-refractivity contribution in [3.63, 3.8) is 0 Å². The van der Waals surface area contributed by atoms with Crippen LogP contribution in [0.3, 0.4) is 0 Å². The topological polar surface area (TPSA) is 71.2 Å². The van der Waals surface area contributed by atoms with E-state index in [4.69, 9.17) is 9.47 Å². The molecular weight excluding hydrogens is 390 g/mol. The van der Waals surface area contributed by atoms with E-state index in [0.29, 0.717) is 5.75 Å². The first-order valence-corrected chi connectivity index (χ1v) is 11.0. The van der Waals surface area contributed by atoms with Gasteiger partial charge in [-0.1, -0.05) is 30.3 Å². The molecule has 1 fully saturated rings. The van der Waals surface area contributed by atoms with E-state index in [1.54, 1.807) is 14.2 Å². The quantitative estimate of drug-likeness (QED) is 0.586. The Hall–Kier alpha value is -2.99. The van der Waals surface area contributed by atoms with Crippen LogP contribution >= 0.6 is 0 Å². The van der Waals surface area contributed by atoms with Crippen molar-refractivity contribution in [3.05, 3.63) is 59.8 Å². The molecule has 0 aliphatic carbocycles. The largest absolute Gasteiger partial charge is 0.493 e. The fourth-order valence-electron chi connectivity index (χ4n) is 4.66. The molecule has 0 saturated carbocycles. The average Bonchev–Trinajstić information content (AvgIpc) is 3.49. The first kappa shape index (κ1) is 21.2. The summed E-state index contributed by atoms with van der Waals surface area (Å²) in [5.41, 5.74) is 3.36. The summed E-state index contributed by atoms with van der Waals surface area (Å²) in [6, 6.07) is 14.2. The number of para-hydroxylation sites is 2. The van der Waals surface area contributed by atoms with Crippen molar-refractivity contribution in [1.29, 1.82) is 0 Å². The lowest BCUT2D eigenvalue weighted by molar-refractivity contribution is -0.675. The molecule has 1 aliphatic heterocycles. The Bertz CT molecular complexity index is 1040. The van der Waals surface area contributed by atoms with E-state index in [-0.39, 0.29) is 17.9 Å². The number of quaternary nitrogens is 1. The number of nitrogens with two attached hydrogens (primary N) is 1. The number of rotatable bonds is 8. The van der Waals surface area contributed by atoms with Crippen molar-refractivity contribution in [2.45, 2.75) is 31.7 Å². The minimum absolute atomic E-state index is 0.0371. The number of methoxy groups -OCH3 is 2. The molecule has 2 aromatic carbocycles. The molecule has 0 unspecified atom stereocenters. The number of ether oxygens (including phenoxy) is 2. The summed E-state index contributed by atoms with van der Waals surface area (Å²) in [6.45, 7) is 4.50. The number of hydrogen-bond acceptors (Lipinski definition) is 3. The molecule has 6 heteroatoms. The molecular formula is C25H32N3O3+. The van der Waals surface area contributed by atoms with Crippen molar-refractivity contribution in [2.24, 2.45) is 0 Å². The zero-order valence-electron chi connectivity index (χ0n) is 18.6. The van der Waals surface area contributed by atoms with E-state index in [0.717, 1.165) is 49.3 Å². The molecule has 1 aliphatic rings. The minimum atomic E-state index is -0.123. The maximum atomic E-state index is 12.9. The zero-order valence-corrected chi connectivity index (χ0v) is 18.6. The molecule has 1 amide bonds. The lowest BCUT2D eigenvalue weighted by atomic mass is 9.89. The van der Waals surface area contributed by atoms with Crippen LogP contribution in [0.5, 0.6) is 11.5 Å². The second-order valence-electron chi connectivity index (χ2n) is 8.22. The fourth-order valence-corrected chi connectivity index (χ4v) is 4.66. The van der Waals surface area contributed by atoms with E-state index in [2.05, 4.69) is 40.8 Å². The second kappa shape index (κ2) is 9.43. The zero-order chi connectivity index (χ0) is 21.8. The summed E-state index contributed by atoms with van der Waals surface area (Å²) in [5, 5.41) is 3.34. The van der Waals surface area contributed by atoms with Crippen molar-refractivity contribution in [2.75, 3.05) is 33.9 Å². The van der Waals surface area contributed by atoms with Gasteiger partial charge in [0.15, 0.2) is 17.5 Å². The van der Waals surface area contributed by atoms with E-state index < -0.39 is 0 Å². The number of H-pyrrole nitrogens is 1. The van der Waals surface area contributed by atoms with Crippen LogP contribution < -0.4 is 14.8 Å². The molecule has 1 saturated heterocycles. The Balaban J connectivity index is 1.68. The van der Waals surface area contributed by atoms with E-state index in [9.17, 15) is 4.79 Å². The van der Waals surface area contributed by atoms with Crippen LogP contribution in [0.25, 0.3) is 10.9 Å². The lowest BCUT2D eigenvalue weighted by Crippen LogP contribution is -2.92. The third kappa shape index (κ3) is 4.26. The number of aromatic nitrogens is 1. The summed E-state index contributed by atoms with van der Waals surface area (Å²) in [6.07, 6.45) is 4.30. The van der Waals surface area contributed by atoms with Gasteiger partial charge in [-0.05, 0) is 37.5 Å². The third-order valence-corrected chi connectivity index (χ3v) is 6.34. The van der Waals surface area contributed by atoms with Gasteiger partial charge in [-0.2, -0.15) is 0 Å². The predicted octanol–water partition coefficient (Wildman–Crippen LogP) is 2.89. The highest BCUT2D eigenvalue weighted by atomic mass is 16.5. The SMILES string of the molecule is COc1cccc([C@@H](C[NH2+][C@H](C)C(=O)N2CCCC2)c2c[nH]c3ccccc23)c1OC. The van der Waals surface area contributed by atoms with Crippen molar-refractivity contribution >= 4 is 16.8 Å². The normalized spacial score (nSPS) is 15.8. The van der Waals surface area contributed by atoms with Gasteiger partial charge in [0, 0.05) is 35.8 Å². The number of carbonyl (C=O) groups excluding carboxylic acids is 1. The van der Waals surface area contributed by atoms with Gasteiger partial charge < -0.3 is 24.7 Å². The van der Waals surface area contributed by atoms with Crippen LogP contribution in [0.2, 0.25) is 0 Å². The van der Waals surface area contributed by atoms with Crippen LogP contribution in [-0.2, 0) is 4.79 Å². The maximum absolute atomic E-state index is 12.9. The molecule has 31 heavy (non-hydrogen) atoms.